The molecule has 0 aliphatic carbocycles. The average Bonchev–Trinajstić information content (AvgIpc) is 2.84. The monoisotopic (exact) mass is 273 g/mol. The molecule has 1 aliphatic rings. The molecule has 1 aromatic heterocycles. The number of benzene rings is 1. The van der Waals surface area contributed by atoms with Crippen LogP contribution in [0.3, 0.4) is 0 Å². The fourth-order valence-corrected chi connectivity index (χ4v) is 2.38. The predicted octanol–water partition coefficient (Wildman–Crippen LogP) is 1.92. The quantitative estimate of drug-likeness (QED) is 0.888. The third-order valence-corrected chi connectivity index (χ3v) is 3.49. The molecule has 2 N–H and O–H groups in total. The smallest absolute Gasteiger partial charge is 0.374 e. The number of anilines is 1. The standard InChI is InChI=1S/C14H15N3O3/c1-8-10(6-7-20-8)15-12-9-4-2-3-5-11(9)16-13(17-12)14(18)19/h2-5,8,10H,6-7H2,1H3,(H,18,19)(H,15,16,17). The molecule has 2 atom stereocenters. The van der Waals surface area contributed by atoms with Crippen LogP contribution in [-0.4, -0.2) is 39.8 Å². The highest BCUT2D eigenvalue weighted by Gasteiger charge is 2.25. The van der Waals surface area contributed by atoms with Gasteiger partial charge in [0.15, 0.2) is 0 Å². The van der Waals surface area contributed by atoms with E-state index in [0.717, 1.165) is 11.8 Å². The number of para-hydroxylation sites is 1. The summed E-state index contributed by atoms with van der Waals surface area (Å²) in [5.41, 5.74) is 0.619. The minimum atomic E-state index is -1.13. The Kier molecular flexibility index (Phi) is 3.23. The number of carboxylic acids is 1. The lowest BCUT2D eigenvalue weighted by Crippen LogP contribution is -2.27. The van der Waals surface area contributed by atoms with Crippen molar-refractivity contribution in [3.63, 3.8) is 0 Å². The van der Waals surface area contributed by atoms with Gasteiger partial charge >= 0.3 is 5.97 Å². The Morgan fingerprint density at radius 3 is 2.90 bits per heavy atom. The zero-order valence-electron chi connectivity index (χ0n) is 11.0. The molecule has 2 aromatic rings. The summed E-state index contributed by atoms with van der Waals surface area (Å²) in [6.07, 6.45) is 0.957. The number of carboxylic acid groups (broad SMARTS) is 1. The minimum absolute atomic E-state index is 0.0806. The zero-order chi connectivity index (χ0) is 14.1. The molecule has 2 unspecified atom stereocenters. The lowest BCUT2D eigenvalue weighted by molar-refractivity contribution is 0.0684. The van der Waals surface area contributed by atoms with Crippen molar-refractivity contribution in [1.29, 1.82) is 0 Å². The Morgan fingerprint density at radius 2 is 2.20 bits per heavy atom. The lowest BCUT2D eigenvalue weighted by Gasteiger charge is -2.18. The molecule has 0 bridgehead atoms. The summed E-state index contributed by atoms with van der Waals surface area (Å²) in [6, 6.07) is 7.50. The summed E-state index contributed by atoms with van der Waals surface area (Å²) >= 11 is 0. The van der Waals surface area contributed by atoms with E-state index >= 15 is 0 Å². The number of nitrogens with one attached hydrogen (secondary N) is 1. The largest absolute Gasteiger partial charge is 0.475 e. The summed E-state index contributed by atoms with van der Waals surface area (Å²) in [5.74, 6) is -0.775. The SMILES string of the molecule is CC1OCCC1Nc1nc(C(=O)O)nc2ccccc12. The van der Waals surface area contributed by atoms with Crippen molar-refractivity contribution in [2.75, 3.05) is 11.9 Å². The molecule has 2 heterocycles. The summed E-state index contributed by atoms with van der Waals surface area (Å²) in [5, 5.41) is 13.2. The van der Waals surface area contributed by atoms with Crippen molar-refractivity contribution in [3.8, 4) is 0 Å². The van der Waals surface area contributed by atoms with Crippen LogP contribution >= 0.6 is 0 Å². The van der Waals surface area contributed by atoms with Gasteiger partial charge in [0.25, 0.3) is 0 Å². The average molecular weight is 273 g/mol. The Labute approximate surface area is 115 Å². The Hall–Kier alpha value is -2.21. The van der Waals surface area contributed by atoms with Crippen LogP contribution < -0.4 is 5.32 Å². The molecule has 0 radical (unpaired) electrons. The molecule has 20 heavy (non-hydrogen) atoms. The van der Waals surface area contributed by atoms with Gasteiger partial charge in [0.1, 0.15) is 5.82 Å². The van der Waals surface area contributed by atoms with E-state index in [1.54, 1.807) is 6.07 Å². The lowest BCUT2D eigenvalue weighted by atomic mass is 10.1. The van der Waals surface area contributed by atoms with Crippen LogP contribution in [0.4, 0.5) is 5.82 Å². The number of rotatable bonds is 3. The minimum Gasteiger partial charge on any atom is -0.475 e. The number of hydrogen-bond acceptors (Lipinski definition) is 5. The molecule has 1 aliphatic heterocycles. The topological polar surface area (TPSA) is 84.3 Å². The molecule has 1 saturated heterocycles. The molecule has 1 aromatic carbocycles. The van der Waals surface area contributed by atoms with E-state index in [0.29, 0.717) is 17.9 Å². The van der Waals surface area contributed by atoms with Crippen molar-refractivity contribution in [1.82, 2.24) is 9.97 Å². The highest BCUT2D eigenvalue weighted by molar-refractivity contribution is 5.93. The molecule has 0 amide bonds. The number of aromatic carboxylic acids is 1. The van der Waals surface area contributed by atoms with Crippen LogP contribution in [0.1, 0.15) is 24.0 Å². The number of carbonyl (C=O) groups is 1. The molecular weight excluding hydrogens is 258 g/mol. The first-order valence-electron chi connectivity index (χ1n) is 6.53. The van der Waals surface area contributed by atoms with Gasteiger partial charge in [-0.25, -0.2) is 14.8 Å². The summed E-state index contributed by atoms with van der Waals surface area (Å²) < 4.78 is 5.51. The number of ether oxygens (including phenoxy) is 1. The molecule has 6 nitrogen and oxygen atoms in total. The van der Waals surface area contributed by atoms with Gasteiger partial charge in [-0.1, -0.05) is 12.1 Å². The fourth-order valence-electron chi connectivity index (χ4n) is 2.38. The second-order valence-electron chi connectivity index (χ2n) is 4.83. The fraction of sp³-hybridized carbons (Fsp3) is 0.357. The van der Waals surface area contributed by atoms with E-state index in [4.69, 9.17) is 9.84 Å². The molecule has 6 heteroatoms. The van der Waals surface area contributed by atoms with Crippen LogP contribution in [-0.2, 0) is 4.74 Å². The predicted molar refractivity (Wildman–Crippen MR) is 73.9 cm³/mol. The maximum Gasteiger partial charge on any atom is 0.374 e. The first kappa shape index (κ1) is 12.8. The van der Waals surface area contributed by atoms with E-state index in [1.165, 1.54) is 0 Å². The number of hydrogen-bond donors (Lipinski definition) is 2. The van der Waals surface area contributed by atoms with E-state index in [9.17, 15) is 4.79 Å². The van der Waals surface area contributed by atoms with Gasteiger partial charge in [-0.15, -0.1) is 0 Å². The number of aromatic nitrogens is 2. The summed E-state index contributed by atoms with van der Waals surface area (Å²) in [6.45, 7) is 2.69. The second kappa shape index (κ2) is 5.05. The van der Waals surface area contributed by atoms with Crippen molar-refractivity contribution in [2.24, 2.45) is 0 Å². The van der Waals surface area contributed by atoms with Gasteiger partial charge in [-0.3, -0.25) is 0 Å². The van der Waals surface area contributed by atoms with Crippen molar-refractivity contribution < 1.29 is 14.6 Å². The van der Waals surface area contributed by atoms with Crippen molar-refractivity contribution in [2.45, 2.75) is 25.5 Å². The van der Waals surface area contributed by atoms with Crippen molar-refractivity contribution in [3.05, 3.63) is 30.1 Å². The van der Waals surface area contributed by atoms with Gasteiger partial charge in [-0.2, -0.15) is 0 Å². The molecule has 104 valence electrons. The molecule has 1 fully saturated rings. The first-order chi connectivity index (χ1) is 9.65. The highest BCUT2D eigenvalue weighted by Crippen LogP contribution is 2.24. The zero-order valence-corrected chi connectivity index (χ0v) is 11.0. The van der Waals surface area contributed by atoms with E-state index in [1.807, 2.05) is 25.1 Å². The van der Waals surface area contributed by atoms with Crippen molar-refractivity contribution >= 4 is 22.7 Å². The van der Waals surface area contributed by atoms with Gasteiger partial charge in [0.2, 0.25) is 5.82 Å². The van der Waals surface area contributed by atoms with E-state index < -0.39 is 5.97 Å². The van der Waals surface area contributed by atoms with Gasteiger partial charge in [-0.05, 0) is 25.5 Å². The summed E-state index contributed by atoms with van der Waals surface area (Å²) in [7, 11) is 0. The van der Waals surface area contributed by atoms with Crippen LogP contribution in [0, 0.1) is 0 Å². The first-order valence-corrected chi connectivity index (χ1v) is 6.53. The Balaban J connectivity index is 2.05. The highest BCUT2D eigenvalue weighted by atomic mass is 16.5. The molecule has 3 rings (SSSR count). The number of nitrogens with zero attached hydrogens (tertiary/aromatic N) is 2. The molecule has 0 spiro atoms. The third-order valence-electron chi connectivity index (χ3n) is 3.49. The van der Waals surface area contributed by atoms with Gasteiger partial charge < -0.3 is 15.2 Å². The maximum absolute atomic E-state index is 11.1. The molecule has 0 saturated carbocycles. The molecular formula is C14H15N3O3. The van der Waals surface area contributed by atoms with Gasteiger partial charge in [0.05, 0.1) is 17.7 Å². The number of fused-ring (bicyclic) bond motifs is 1. The van der Waals surface area contributed by atoms with Crippen LogP contribution in [0.25, 0.3) is 10.9 Å². The third kappa shape index (κ3) is 2.30. The van der Waals surface area contributed by atoms with Crippen LogP contribution in [0.2, 0.25) is 0 Å². The van der Waals surface area contributed by atoms with E-state index in [2.05, 4.69) is 15.3 Å². The van der Waals surface area contributed by atoms with Crippen LogP contribution in [0.5, 0.6) is 0 Å². The summed E-state index contributed by atoms with van der Waals surface area (Å²) in [4.78, 5) is 19.3. The Bertz CT molecular complexity index is 659. The van der Waals surface area contributed by atoms with Crippen LogP contribution in [0.15, 0.2) is 24.3 Å². The second-order valence-corrected chi connectivity index (χ2v) is 4.83. The normalized spacial score (nSPS) is 22.1. The maximum atomic E-state index is 11.1. The van der Waals surface area contributed by atoms with Gasteiger partial charge in [0, 0.05) is 12.0 Å². The Morgan fingerprint density at radius 1 is 1.40 bits per heavy atom. The van der Waals surface area contributed by atoms with E-state index in [-0.39, 0.29) is 18.0 Å².